The maximum atomic E-state index is 4.31. The minimum Gasteiger partial charge on any atom is -0.377 e. The van der Waals surface area contributed by atoms with Gasteiger partial charge in [0.2, 0.25) is 0 Å². The van der Waals surface area contributed by atoms with Gasteiger partial charge in [0, 0.05) is 20.0 Å². The van der Waals surface area contributed by atoms with Crippen molar-refractivity contribution in [3.05, 3.63) is 0 Å². The van der Waals surface area contributed by atoms with Gasteiger partial charge in [-0.05, 0) is 30.6 Å². The summed E-state index contributed by atoms with van der Waals surface area (Å²) in [6.07, 6.45) is 3.96. The number of rotatable bonds is 1. The van der Waals surface area contributed by atoms with Crippen LogP contribution >= 0.6 is 0 Å². The minimum absolute atomic E-state index is 0.460. The third kappa shape index (κ3) is 2.49. The van der Waals surface area contributed by atoms with E-state index in [2.05, 4.69) is 31.1 Å². The topological polar surface area (TPSA) is 24.4 Å². The summed E-state index contributed by atoms with van der Waals surface area (Å²) >= 11 is 0. The maximum Gasteiger partial charge on any atom is 0.0988 e. The second-order valence-corrected chi connectivity index (χ2v) is 5.43. The Morgan fingerprint density at radius 1 is 1.29 bits per heavy atom. The molecule has 0 aromatic carbocycles. The Kier molecular flexibility index (Phi) is 3.57. The van der Waals surface area contributed by atoms with Crippen molar-refractivity contribution in [2.75, 3.05) is 14.1 Å². The predicted octanol–water partition coefficient (Wildman–Crippen LogP) is 2.70. The smallest absolute Gasteiger partial charge is 0.0988 e. The molecule has 1 aliphatic rings. The van der Waals surface area contributed by atoms with E-state index in [0.29, 0.717) is 11.3 Å². The van der Waals surface area contributed by atoms with Gasteiger partial charge in [0.15, 0.2) is 0 Å². The van der Waals surface area contributed by atoms with Gasteiger partial charge >= 0.3 is 0 Å². The summed E-state index contributed by atoms with van der Waals surface area (Å²) in [4.78, 5) is 4.31. The fraction of sp³-hybridized carbons (Fsp3) is 0.917. The van der Waals surface area contributed by atoms with Crippen molar-refractivity contribution >= 4 is 5.84 Å². The molecule has 0 saturated heterocycles. The molecule has 14 heavy (non-hydrogen) atoms. The number of hydrogen-bond donors (Lipinski definition) is 1. The highest BCUT2D eigenvalue weighted by molar-refractivity contribution is 5.84. The second kappa shape index (κ2) is 4.33. The number of hydrogen-bond acceptors (Lipinski definition) is 1. The van der Waals surface area contributed by atoms with Gasteiger partial charge in [0.05, 0.1) is 5.84 Å². The summed E-state index contributed by atoms with van der Waals surface area (Å²) in [5, 5.41) is 3.22. The molecule has 0 heterocycles. The van der Waals surface area contributed by atoms with E-state index in [9.17, 15) is 0 Å². The summed E-state index contributed by atoms with van der Waals surface area (Å²) in [7, 11) is 3.86. The normalized spacial score (nSPS) is 29.4. The van der Waals surface area contributed by atoms with E-state index in [4.69, 9.17) is 0 Å². The third-order valence-electron chi connectivity index (χ3n) is 3.54. The number of nitrogens with zero attached hydrogens (tertiary/aromatic N) is 1. The summed E-state index contributed by atoms with van der Waals surface area (Å²) in [5.41, 5.74) is 0.460. The molecule has 1 N–H and O–H groups in total. The van der Waals surface area contributed by atoms with Crippen LogP contribution in [0, 0.1) is 17.3 Å². The molecule has 0 aromatic heterocycles. The van der Waals surface area contributed by atoms with Gasteiger partial charge in [-0.1, -0.05) is 20.8 Å². The van der Waals surface area contributed by atoms with Gasteiger partial charge in [-0.25, -0.2) is 0 Å². The number of nitrogens with one attached hydrogen (secondary N) is 1. The zero-order chi connectivity index (χ0) is 10.8. The van der Waals surface area contributed by atoms with E-state index in [-0.39, 0.29) is 0 Å². The molecule has 0 aromatic rings. The third-order valence-corrected chi connectivity index (χ3v) is 3.54. The van der Waals surface area contributed by atoms with Crippen molar-refractivity contribution in [1.29, 1.82) is 0 Å². The maximum absolute atomic E-state index is 4.31. The first-order chi connectivity index (χ1) is 6.49. The van der Waals surface area contributed by atoms with E-state index in [1.165, 1.54) is 25.1 Å². The lowest BCUT2D eigenvalue weighted by Crippen LogP contribution is -2.27. The summed E-state index contributed by atoms with van der Waals surface area (Å²) in [6.45, 7) is 7.05. The first kappa shape index (κ1) is 11.5. The van der Waals surface area contributed by atoms with E-state index in [1.54, 1.807) is 0 Å². The highest BCUT2D eigenvalue weighted by atomic mass is 15.0. The molecule has 1 saturated carbocycles. The van der Waals surface area contributed by atoms with Crippen molar-refractivity contribution in [2.45, 2.75) is 40.0 Å². The first-order valence-electron chi connectivity index (χ1n) is 5.63. The van der Waals surface area contributed by atoms with Crippen LogP contribution in [0.2, 0.25) is 0 Å². The Morgan fingerprint density at radius 3 is 2.29 bits per heavy atom. The minimum atomic E-state index is 0.460. The lowest BCUT2D eigenvalue weighted by Gasteiger charge is -2.27. The molecule has 0 amide bonds. The Bertz CT molecular complexity index is 213. The van der Waals surface area contributed by atoms with Crippen LogP contribution < -0.4 is 5.32 Å². The summed E-state index contributed by atoms with van der Waals surface area (Å²) in [6, 6.07) is 0. The Morgan fingerprint density at radius 2 is 1.93 bits per heavy atom. The highest BCUT2D eigenvalue weighted by Gasteiger charge is 2.34. The van der Waals surface area contributed by atoms with E-state index in [0.717, 1.165) is 5.92 Å². The van der Waals surface area contributed by atoms with Gasteiger partial charge in [-0.15, -0.1) is 0 Å². The Balaban J connectivity index is 2.57. The molecule has 0 aliphatic heterocycles. The molecular formula is C12H24N2. The van der Waals surface area contributed by atoms with Gasteiger partial charge in [-0.3, -0.25) is 4.99 Å². The molecule has 2 nitrogen and oxygen atoms in total. The average molecular weight is 196 g/mol. The standard InChI is InChI=1S/C12H24N2/c1-12(2,3)10-7-6-9(8-10)11(13-4)14-5/h9-10H,6-8H2,1-5H3,(H,13,14). The molecule has 0 radical (unpaired) electrons. The van der Waals surface area contributed by atoms with Crippen molar-refractivity contribution in [3.63, 3.8) is 0 Å². The fourth-order valence-corrected chi connectivity index (χ4v) is 2.51. The van der Waals surface area contributed by atoms with Crippen LogP contribution in [-0.2, 0) is 0 Å². The Hall–Kier alpha value is -0.530. The van der Waals surface area contributed by atoms with Crippen LogP contribution in [-0.4, -0.2) is 19.9 Å². The van der Waals surface area contributed by atoms with Crippen molar-refractivity contribution in [2.24, 2.45) is 22.2 Å². The molecule has 1 fully saturated rings. The monoisotopic (exact) mass is 196 g/mol. The lowest BCUT2D eigenvalue weighted by atomic mass is 9.79. The average Bonchev–Trinajstić information content (AvgIpc) is 2.54. The quantitative estimate of drug-likeness (QED) is 0.506. The molecule has 2 unspecified atom stereocenters. The van der Waals surface area contributed by atoms with Crippen LogP contribution in [0.15, 0.2) is 4.99 Å². The number of aliphatic imine (C=N–C) groups is 1. The van der Waals surface area contributed by atoms with Gasteiger partial charge in [-0.2, -0.15) is 0 Å². The largest absolute Gasteiger partial charge is 0.377 e. The molecule has 2 heteroatoms. The van der Waals surface area contributed by atoms with Gasteiger partial charge in [0.1, 0.15) is 0 Å². The van der Waals surface area contributed by atoms with Crippen LogP contribution in [0.4, 0.5) is 0 Å². The van der Waals surface area contributed by atoms with Crippen LogP contribution in [0.25, 0.3) is 0 Å². The van der Waals surface area contributed by atoms with Gasteiger partial charge in [0.25, 0.3) is 0 Å². The highest BCUT2D eigenvalue weighted by Crippen LogP contribution is 2.42. The molecule has 2 atom stereocenters. The van der Waals surface area contributed by atoms with Crippen LogP contribution in [0.1, 0.15) is 40.0 Å². The van der Waals surface area contributed by atoms with E-state index in [1.807, 2.05) is 14.1 Å². The van der Waals surface area contributed by atoms with E-state index >= 15 is 0 Å². The van der Waals surface area contributed by atoms with Crippen molar-refractivity contribution in [1.82, 2.24) is 5.32 Å². The predicted molar refractivity (Wildman–Crippen MR) is 62.7 cm³/mol. The number of amidine groups is 1. The molecule has 82 valence electrons. The van der Waals surface area contributed by atoms with Crippen LogP contribution in [0.5, 0.6) is 0 Å². The van der Waals surface area contributed by atoms with E-state index < -0.39 is 0 Å². The zero-order valence-electron chi connectivity index (χ0n) is 10.2. The SMILES string of the molecule is CN=C(NC)C1CCC(C(C)(C)C)C1. The molecular weight excluding hydrogens is 172 g/mol. The van der Waals surface area contributed by atoms with Crippen molar-refractivity contribution in [3.8, 4) is 0 Å². The summed E-state index contributed by atoms with van der Waals surface area (Å²) < 4.78 is 0. The zero-order valence-corrected chi connectivity index (χ0v) is 10.2. The molecule has 0 bridgehead atoms. The molecule has 1 aliphatic carbocycles. The van der Waals surface area contributed by atoms with Crippen LogP contribution in [0.3, 0.4) is 0 Å². The van der Waals surface area contributed by atoms with Crippen molar-refractivity contribution < 1.29 is 0 Å². The first-order valence-corrected chi connectivity index (χ1v) is 5.63. The Labute approximate surface area is 88.2 Å². The fourth-order valence-electron chi connectivity index (χ4n) is 2.51. The summed E-state index contributed by atoms with van der Waals surface area (Å²) in [5.74, 6) is 2.73. The lowest BCUT2D eigenvalue weighted by molar-refractivity contribution is 0.243. The van der Waals surface area contributed by atoms with Gasteiger partial charge < -0.3 is 5.32 Å². The molecule has 1 rings (SSSR count). The molecule has 0 spiro atoms. The second-order valence-electron chi connectivity index (χ2n) is 5.43.